The standard InChI is InChI=1S/C19H16FN3O2S/c1-22(2)15-9-3-12(4-10-15)11-16-17(24)21-19(26)23(16)18(25)13-5-7-14(20)8-6-13/h3-11H,1-2H3,(H,21,24,26)/b16-11+. The lowest BCUT2D eigenvalue weighted by Gasteiger charge is -2.16. The minimum absolute atomic E-state index is 0.000451. The van der Waals surface area contributed by atoms with Gasteiger partial charge in [-0.1, -0.05) is 12.1 Å². The molecule has 1 N–H and O–H groups in total. The molecule has 2 aromatic rings. The fourth-order valence-electron chi connectivity index (χ4n) is 2.51. The Hall–Kier alpha value is -3.06. The van der Waals surface area contributed by atoms with Crippen molar-refractivity contribution in [2.24, 2.45) is 0 Å². The van der Waals surface area contributed by atoms with E-state index in [1.807, 2.05) is 43.3 Å². The smallest absolute Gasteiger partial charge is 0.274 e. The maximum atomic E-state index is 13.1. The van der Waals surface area contributed by atoms with Crippen molar-refractivity contribution in [3.63, 3.8) is 0 Å². The van der Waals surface area contributed by atoms with Crippen molar-refractivity contribution in [2.75, 3.05) is 19.0 Å². The molecule has 0 spiro atoms. The summed E-state index contributed by atoms with van der Waals surface area (Å²) in [6.45, 7) is 0. The molecule has 0 aliphatic carbocycles. The van der Waals surface area contributed by atoms with E-state index in [1.165, 1.54) is 24.3 Å². The summed E-state index contributed by atoms with van der Waals surface area (Å²) in [5, 5.41) is 2.48. The maximum Gasteiger partial charge on any atom is 0.274 e. The van der Waals surface area contributed by atoms with Crippen LogP contribution in [0.3, 0.4) is 0 Å². The van der Waals surface area contributed by atoms with Crippen LogP contribution in [-0.2, 0) is 4.79 Å². The first-order valence-electron chi connectivity index (χ1n) is 7.81. The molecule has 26 heavy (non-hydrogen) atoms. The minimum Gasteiger partial charge on any atom is -0.378 e. The SMILES string of the molecule is CN(C)c1ccc(/C=C2\C(=O)NC(=S)N2C(=O)c2ccc(F)cc2)cc1. The van der Waals surface area contributed by atoms with Gasteiger partial charge in [-0.25, -0.2) is 9.29 Å². The first-order chi connectivity index (χ1) is 12.4. The molecule has 3 rings (SSSR count). The van der Waals surface area contributed by atoms with E-state index in [4.69, 9.17) is 12.2 Å². The molecule has 2 amide bonds. The van der Waals surface area contributed by atoms with Gasteiger partial charge >= 0.3 is 0 Å². The fourth-order valence-corrected chi connectivity index (χ4v) is 2.78. The second kappa shape index (κ2) is 7.05. The second-order valence-electron chi connectivity index (χ2n) is 5.92. The van der Waals surface area contributed by atoms with Crippen LogP contribution in [0.4, 0.5) is 10.1 Å². The third-order valence-electron chi connectivity index (χ3n) is 3.90. The number of nitrogens with zero attached hydrogens (tertiary/aromatic N) is 2. The Balaban J connectivity index is 1.95. The molecule has 1 aliphatic rings. The summed E-state index contributed by atoms with van der Waals surface area (Å²) >= 11 is 5.12. The van der Waals surface area contributed by atoms with Gasteiger partial charge in [0.15, 0.2) is 5.11 Å². The lowest BCUT2D eigenvalue weighted by atomic mass is 10.1. The second-order valence-corrected chi connectivity index (χ2v) is 6.31. The van der Waals surface area contributed by atoms with Gasteiger partial charge in [-0.05, 0) is 60.3 Å². The highest BCUT2D eigenvalue weighted by molar-refractivity contribution is 7.80. The third kappa shape index (κ3) is 3.48. The Morgan fingerprint density at radius 1 is 1.12 bits per heavy atom. The molecule has 0 atom stereocenters. The first-order valence-corrected chi connectivity index (χ1v) is 8.22. The minimum atomic E-state index is -0.496. The zero-order valence-electron chi connectivity index (χ0n) is 14.2. The fraction of sp³-hybridized carbons (Fsp3) is 0.105. The van der Waals surface area contributed by atoms with Crippen LogP contribution in [0.2, 0.25) is 0 Å². The van der Waals surface area contributed by atoms with E-state index in [-0.39, 0.29) is 16.4 Å². The molecule has 2 aromatic carbocycles. The molecule has 5 nitrogen and oxygen atoms in total. The van der Waals surface area contributed by atoms with E-state index in [9.17, 15) is 14.0 Å². The molecule has 0 aromatic heterocycles. The van der Waals surface area contributed by atoms with Gasteiger partial charge in [0.2, 0.25) is 0 Å². The van der Waals surface area contributed by atoms with E-state index < -0.39 is 17.6 Å². The topological polar surface area (TPSA) is 52.7 Å². The highest BCUT2D eigenvalue weighted by Gasteiger charge is 2.35. The van der Waals surface area contributed by atoms with Crippen LogP contribution in [0.5, 0.6) is 0 Å². The number of anilines is 1. The van der Waals surface area contributed by atoms with Gasteiger partial charge < -0.3 is 4.90 Å². The Morgan fingerprint density at radius 3 is 2.31 bits per heavy atom. The summed E-state index contributed by atoms with van der Waals surface area (Å²) in [5.41, 5.74) is 2.13. The number of hydrogen-bond donors (Lipinski definition) is 1. The number of carbonyl (C=O) groups is 2. The number of carbonyl (C=O) groups excluding carboxylic acids is 2. The summed E-state index contributed by atoms with van der Waals surface area (Å²) in [7, 11) is 3.86. The summed E-state index contributed by atoms with van der Waals surface area (Å²) in [4.78, 5) is 28.1. The van der Waals surface area contributed by atoms with Gasteiger partial charge in [0, 0.05) is 25.3 Å². The van der Waals surface area contributed by atoms with Gasteiger partial charge in [-0.2, -0.15) is 0 Å². The number of rotatable bonds is 3. The Morgan fingerprint density at radius 2 is 1.73 bits per heavy atom. The lowest BCUT2D eigenvalue weighted by molar-refractivity contribution is -0.115. The molecule has 0 unspecified atom stereocenters. The van der Waals surface area contributed by atoms with Crippen molar-refractivity contribution in [2.45, 2.75) is 0 Å². The van der Waals surface area contributed by atoms with Gasteiger partial charge in [-0.3, -0.25) is 14.9 Å². The predicted octanol–water partition coefficient (Wildman–Crippen LogP) is 2.79. The molecular weight excluding hydrogens is 353 g/mol. The molecule has 1 heterocycles. The number of hydrogen-bond acceptors (Lipinski definition) is 4. The summed E-state index contributed by atoms with van der Waals surface area (Å²) in [6.07, 6.45) is 1.59. The summed E-state index contributed by atoms with van der Waals surface area (Å²) < 4.78 is 13.1. The van der Waals surface area contributed by atoms with E-state index in [0.717, 1.165) is 16.2 Å². The number of nitrogens with one attached hydrogen (secondary N) is 1. The number of thiocarbonyl (C=S) groups is 1. The van der Waals surface area contributed by atoms with Crippen LogP contribution in [0, 0.1) is 5.82 Å². The normalized spacial score (nSPS) is 15.3. The lowest BCUT2D eigenvalue weighted by Crippen LogP contribution is -2.33. The van der Waals surface area contributed by atoms with Crippen molar-refractivity contribution < 1.29 is 14.0 Å². The van der Waals surface area contributed by atoms with Crippen LogP contribution < -0.4 is 10.2 Å². The van der Waals surface area contributed by atoms with E-state index >= 15 is 0 Å². The summed E-state index contributed by atoms with van der Waals surface area (Å²) in [6, 6.07) is 12.6. The number of amides is 2. The zero-order chi connectivity index (χ0) is 18.8. The van der Waals surface area contributed by atoms with Crippen molar-refractivity contribution in [1.82, 2.24) is 10.2 Å². The van der Waals surface area contributed by atoms with Crippen molar-refractivity contribution in [3.8, 4) is 0 Å². The van der Waals surface area contributed by atoms with Gasteiger partial charge in [0.25, 0.3) is 11.8 Å². The average molecular weight is 369 g/mol. The highest BCUT2D eigenvalue weighted by atomic mass is 32.1. The monoisotopic (exact) mass is 369 g/mol. The number of halogens is 1. The van der Waals surface area contributed by atoms with Crippen molar-refractivity contribution in [3.05, 3.63) is 71.2 Å². The Bertz CT molecular complexity index is 905. The molecule has 132 valence electrons. The zero-order valence-corrected chi connectivity index (χ0v) is 15.0. The molecule has 1 saturated heterocycles. The van der Waals surface area contributed by atoms with E-state index in [2.05, 4.69) is 5.32 Å². The molecule has 0 bridgehead atoms. The quantitative estimate of drug-likeness (QED) is 0.668. The largest absolute Gasteiger partial charge is 0.378 e. The van der Waals surface area contributed by atoms with E-state index in [0.29, 0.717) is 0 Å². The summed E-state index contributed by atoms with van der Waals surface area (Å²) in [5.74, 6) is -1.40. The van der Waals surface area contributed by atoms with Gasteiger partial charge in [-0.15, -0.1) is 0 Å². The molecular formula is C19H16FN3O2S. The average Bonchev–Trinajstić information content (AvgIpc) is 2.89. The van der Waals surface area contributed by atoms with Crippen LogP contribution in [-0.4, -0.2) is 35.9 Å². The van der Waals surface area contributed by atoms with Gasteiger partial charge in [0.05, 0.1) is 0 Å². The molecule has 7 heteroatoms. The molecule has 0 radical (unpaired) electrons. The Kier molecular flexibility index (Phi) is 4.81. The van der Waals surface area contributed by atoms with Crippen molar-refractivity contribution in [1.29, 1.82) is 0 Å². The third-order valence-corrected chi connectivity index (χ3v) is 4.19. The molecule has 1 aliphatic heterocycles. The molecule has 1 fully saturated rings. The highest BCUT2D eigenvalue weighted by Crippen LogP contribution is 2.22. The Labute approximate surface area is 155 Å². The van der Waals surface area contributed by atoms with Crippen LogP contribution >= 0.6 is 12.2 Å². The van der Waals surface area contributed by atoms with Crippen LogP contribution in [0.25, 0.3) is 6.08 Å². The van der Waals surface area contributed by atoms with E-state index in [1.54, 1.807) is 6.08 Å². The number of benzene rings is 2. The van der Waals surface area contributed by atoms with Crippen molar-refractivity contribution >= 4 is 40.9 Å². The molecule has 0 saturated carbocycles. The predicted molar refractivity (Wildman–Crippen MR) is 102 cm³/mol. The van der Waals surface area contributed by atoms with Crippen LogP contribution in [0.1, 0.15) is 15.9 Å². The van der Waals surface area contributed by atoms with Crippen LogP contribution in [0.15, 0.2) is 54.2 Å². The maximum absolute atomic E-state index is 13.1. The first kappa shape index (κ1) is 17.8. The van der Waals surface area contributed by atoms with Gasteiger partial charge in [0.1, 0.15) is 11.5 Å².